The van der Waals surface area contributed by atoms with Crippen molar-refractivity contribution in [3.8, 4) is 22.8 Å². The van der Waals surface area contributed by atoms with Crippen LogP contribution in [0, 0.1) is 5.41 Å². The SMILES string of the molecule is Cn1c2ccncc2c2ccc(-c3ccc(O[C@H]4C[C@H](NC5CC6(C5)CN(CCCCCOc5ccc7c(c5)C(=O)N(C5CCC(=O)NC5=O)C7=O)C6)C4)nc3)cc21. The van der Waals surface area contributed by atoms with Crippen LogP contribution in [0.25, 0.3) is 32.9 Å². The van der Waals surface area contributed by atoms with Crippen molar-refractivity contribution in [2.45, 2.75) is 82.0 Å². The molecule has 5 aliphatic rings. The molecule has 1 unspecified atom stereocenters. The topological polar surface area (TPSA) is 148 Å². The van der Waals surface area contributed by atoms with Crippen molar-refractivity contribution < 1.29 is 28.7 Å². The van der Waals surface area contributed by atoms with Crippen molar-refractivity contribution in [3.05, 3.63) is 84.3 Å². The summed E-state index contributed by atoms with van der Waals surface area (Å²) < 4.78 is 14.4. The molecule has 4 fully saturated rings. The third kappa shape index (κ3) is 6.69. The monoisotopic (exact) mass is 781 g/mol. The Morgan fingerprint density at radius 1 is 0.845 bits per heavy atom. The van der Waals surface area contributed by atoms with E-state index in [4.69, 9.17) is 9.47 Å². The molecule has 0 bridgehead atoms. The number of benzene rings is 2. The predicted molar refractivity (Wildman–Crippen MR) is 216 cm³/mol. The van der Waals surface area contributed by atoms with Gasteiger partial charge in [-0.05, 0) is 105 Å². The van der Waals surface area contributed by atoms with Gasteiger partial charge in [-0.15, -0.1) is 0 Å². The highest BCUT2D eigenvalue weighted by atomic mass is 16.5. The normalized spacial score (nSPS) is 22.8. The number of amides is 4. The number of aryl methyl sites for hydroxylation is 1. The zero-order valence-electron chi connectivity index (χ0n) is 32.6. The van der Waals surface area contributed by atoms with E-state index < -0.39 is 29.7 Å². The molecule has 13 heteroatoms. The Hall–Kier alpha value is -5.66. The molecule has 298 valence electrons. The minimum Gasteiger partial charge on any atom is -0.494 e. The van der Waals surface area contributed by atoms with Crippen LogP contribution in [0.15, 0.2) is 73.2 Å². The average Bonchev–Trinajstić information content (AvgIpc) is 3.61. The van der Waals surface area contributed by atoms with E-state index in [9.17, 15) is 19.2 Å². The highest BCUT2D eigenvalue weighted by molar-refractivity contribution is 6.23. The van der Waals surface area contributed by atoms with Gasteiger partial charge in [0.15, 0.2) is 0 Å². The molecule has 10 rings (SSSR count). The molecule has 5 aromatic rings. The number of unbranched alkanes of at least 4 members (excludes halogenated alkanes) is 2. The first-order chi connectivity index (χ1) is 28.2. The number of nitrogens with zero attached hydrogens (tertiary/aromatic N) is 5. The van der Waals surface area contributed by atoms with Crippen LogP contribution in [0.1, 0.15) is 78.5 Å². The maximum atomic E-state index is 13.1. The van der Waals surface area contributed by atoms with E-state index in [1.807, 2.05) is 24.7 Å². The Bertz CT molecular complexity index is 2440. The maximum Gasteiger partial charge on any atom is 0.262 e. The average molecular weight is 782 g/mol. The van der Waals surface area contributed by atoms with Crippen LogP contribution in [0.3, 0.4) is 0 Å². The second kappa shape index (κ2) is 14.6. The molecule has 6 heterocycles. The number of ether oxygens (including phenoxy) is 2. The van der Waals surface area contributed by atoms with Crippen LogP contribution in [-0.4, -0.2) is 98.4 Å². The lowest BCUT2D eigenvalue weighted by molar-refractivity contribution is -0.136. The predicted octanol–water partition coefficient (Wildman–Crippen LogP) is 5.40. The Labute approximate surface area is 336 Å². The van der Waals surface area contributed by atoms with Crippen LogP contribution in [-0.2, 0) is 16.6 Å². The molecule has 1 spiro atoms. The lowest BCUT2D eigenvalue weighted by Crippen LogP contribution is -2.67. The second-order valence-corrected chi connectivity index (χ2v) is 17.0. The Morgan fingerprint density at radius 3 is 2.48 bits per heavy atom. The third-order valence-corrected chi connectivity index (χ3v) is 13.0. The van der Waals surface area contributed by atoms with E-state index >= 15 is 0 Å². The number of likely N-dealkylation sites (tertiary alicyclic amines) is 1. The van der Waals surface area contributed by atoms with Crippen LogP contribution in [0.2, 0.25) is 0 Å². The summed E-state index contributed by atoms with van der Waals surface area (Å²) in [6.07, 6.45) is 13.7. The van der Waals surface area contributed by atoms with Gasteiger partial charge in [-0.3, -0.25) is 34.4 Å². The second-order valence-electron chi connectivity index (χ2n) is 17.0. The number of imide groups is 2. The van der Waals surface area contributed by atoms with Gasteiger partial charge in [0.1, 0.15) is 17.9 Å². The molecule has 3 aliphatic heterocycles. The number of carbonyl (C=O) groups is 4. The number of rotatable bonds is 13. The molecule has 1 atom stereocenters. The number of aromatic nitrogens is 3. The Kier molecular flexibility index (Phi) is 9.24. The van der Waals surface area contributed by atoms with Crippen molar-refractivity contribution in [2.24, 2.45) is 12.5 Å². The number of hydrogen-bond acceptors (Lipinski definition) is 10. The molecule has 2 aromatic carbocycles. The zero-order valence-corrected chi connectivity index (χ0v) is 32.6. The van der Waals surface area contributed by atoms with Crippen LogP contribution >= 0.6 is 0 Å². The summed E-state index contributed by atoms with van der Waals surface area (Å²) in [7, 11) is 2.10. The highest BCUT2D eigenvalue weighted by Gasteiger charge is 2.52. The molecule has 0 radical (unpaired) electrons. The van der Waals surface area contributed by atoms with Crippen molar-refractivity contribution in [1.29, 1.82) is 0 Å². The van der Waals surface area contributed by atoms with Crippen molar-refractivity contribution in [1.82, 2.24) is 35.0 Å². The molecule has 3 aromatic heterocycles. The van der Waals surface area contributed by atoms with Gasteiger partial charge in [-0.1, -0.05) is 12.1 Å². The standard InChI is InChI=1S/C45H47N7O6/c1-50-37-13-14-46-24-36(37)33-8-5-27(17-39(33)50)28-6-12-41(47-23-28)58-32-18-29(19-32)48-30-21-45(22-30)25-51(26-45)15-3-2-4-16-57-31-7-9-34-35(20-31)44(56)52(43(34)55)38-10-11-40(53)49-42(38)54/h5-9,12-14,17,20,23-24,29-30,32,38,48H,2-4,10-11,15-16,18-19,21-22,25-26H2,1H3,(H,49,53,54)/t29-,32-,38?. The van der Waals surface area contributed by atoms with Gasteiger partial charge < -0.3 is 24.3 Å². The maximum absolute atomic E-state index is 13.1. The van der Waals surface area contributed by atoms with E-state index in [0.29, 0.717) is 35.7 Å². The summed E-state index contributed by atoms with van der Waals surface area (Å²) in [5, 5.41) is 8.47. The van der Waals surface area contributed by atoms with E-state index in [2.05, 4.69) is 67.4 Å². The van der Waals surface area contributed by atoms with Crippen molar-refractivity contribution in [3.63, 3.8) is 0 Å². The molecule has 4 amide bonds. The molecule has 2 aliphatic carbocycles. The first-order valence-corrected chi connectivity index (χ1v) is 20.6. The molecular weight excluding hydrogens is 735 g/mol. The molecular formula is C45H47N7O6. The number of pyridine rings is 2. The van der Waals surface area contributed by atoms with Gasteiger partial charge in [0, 0.05) is 85.2 Å². The fourth-order valence-electron chi connectivity index (χ4n) is 9.92. The van der Waals surface area contributed by atoms with E-state index in [1.54, 1.807) is 18.2 Å². The molecule has 58 heavy (non-hydrogen) atoms. The first kappa shape index (κ1) is 36.7. The summed E-state index contributed by atoms with van der Waals surface area (Å²) in [4.78, 5) is 62.4. The van der Waals surface area contributed by atoms with Gasteiger partial charge in [0.2, 0.25) is 17.7 Å². The highest BCUT2D eigenvalue weighted by Crippen LogP contribution is 2.49. The van der Waals surface area contributed by atoms with E-state index in [1.165, 1.54) is 47.7 Å². The number of carbonyl (C=O) groups excluding carboxylic acids is 4. The fraction of sp³-hybridized carbons (Fsp3) is 0.422. The van der Waals surface area contributed by atoms with Gasteiger partial charge in [0.05, 0.1) is 23.3 Å². The molecule has 13 nitrogen and oxygen atoms in total. The van der Waals surface area contributed by atoms with Gasteiger partial charge in [-0.25, -0.2) is 4.98 Å². The summed E-state index contributed by atoms with van der Waals surface area (Å²) in [6.45, 7) is 3.99. The summed E-state index contributed by atoms with van der Waals surface area (Å²) in [6, 6.07) is 17.7. The molecule has 2 saturated carbocycles. The van der Waals surface area contributed by atoms with Crippen molar-refractivity contribution >= 4 is 45.4 Å². The van der Waals surface area contributed by atoms with Crippen LogP contribution in [0.4, 0.5) is 0 Å². The van der Waals surface area contributed by atoms with Gasteiger partial charge in [0.25, 0.3) is 11.8 Å². The summed E-state index contributed by atoms with van der Waals surface area (Å²) in [5.74, 6) is -0.828. The molecule has 2 saturated heterocycles. The number of fused-ring (bicyclic) bond motifs is 4. The first-order valence-electron chi connectivity index (χ1n) is 20.6. The largest absolute Gasteiger partial charge is 0.494 e. The smallest absolute Gasteiger partial charge is 0.262 e. The minimum absolute atomic E-state index is 0.0924. The quantitative estimate of drug-likeness (QED) is 0.118. The lowest BCUT2D eigenvalue weighted by atomic mass is 9.60. The number of hydrogen-bond donors (Lipinski definition) is 2. The zero-order chi connectivity index (χ0) is 39.5. The Morgan fingerprint density at radius 2 is 1.67 bits per heavy atom. The fourth-order valence-corrected chi connectivity index (χ4v) is 9.92. The van der Waals surface area contributed by atoms with E-state index in [0.717, 1.165) is 54.7 Å². The van der Waals surface area contributed by atoms with Gasteiger partial charge in [-0.2, -0.15) is 0 Å². The van der Waals surface area contributed by atoms with Crippen LogP contribution < -0.4 is 20.1 Å². The summed E-state index contributed by atoms with van der Waals surface area (Å²) >= 11 is 0. The third-order valence-electron chi connectivity index (χ3n) is 13.0. The summed E-state index contributed by atoms with van der Waals surface area (Å²) in [5.41, 5.74) is 5.54. The lowest BCUT2D eigenvalue weighted by Gasteiger charge is -2.60. The van der Waals surface area contributed by atoms with E-state index in [-0.39, 0.29) is 30.1 Å². The number of piperidine rings is 1. The Balaban J connectivity index is 0.597. The number of nitrogens with one attached hydrogen (secondary N) is 2. The van der Waals surface area contributed by atoms with Crippen LogP contribution in [0.5, 0.6) is 11.6 Å². The van der Waals surface area contributed by atoms with Gasteiger partial charge >= 0.3 is 0 Å². The molecule has 2 N–H and O–H groups in total. The minimum atomic E-state index is -0.974. The van der Waals surface area contributed by atoms with Crippen molar-refractivity contribution in [2.75, 3.05) is 26.2 Å².